The molecular weight excluding hydrogens is 839 g/mol. The van der Waals surface area contributed by atoms with Gasteiger partial charge < -0.3 is 40.3 Å². The smallest absolute Gasteiger partial charge is 0.394 e. The summed E-state index contributed by atoms with van der Waals surface area (Å²) in [5.41, 5.74) is 0. The average molecular weight is 938 g/mol. The summed E-state index contributed by atoms with van der Waals surface area (Å²) in [5.74, 6) is -0.338. The van der Waals surface area contributed by atoms with E-state index in [9.17, 15) is 43.3 Å². The lowest BCUT2D eigenvalue weighted by molar-refractivity contribution is -0.299. The highest BCUT2D eigenvalue weighted by atomic mass is 32.3. The molecule has 1 heterocycles. The quantitative estimate of drug-likeness (QED) is 0.0224. The second kappa shape index (κ2) is 41.1. The van der Waals surface area contributed by atoms with Gasteiger partial charge in [-0.25, -0.2) is 4.18 Å². The van der Waals surface area contributed by atoms with Gasteiger partial charge in [-0.15, -0.1) is 0 Å². The van der Waals surface area contributed by atoms with E-state index in [-0.39, 0.29) is 12.3 Å². The van der Waals surface area contributed by atoms with Crippen LogP contribution in [-0.2, 0) is 28.9 Å². The number of carbonyl (C=O) groups is 1. The maximum Gasteiger partial charge on any atom is 0.397 e. The molecule has 0 bridgehead atoms. The standard InChI is InChI=1S/C50H99NO12S/c1-3-5-7-9-11-13-15-17-18-19-20-21-22-23-24-25-26-27-29-31-33-35-37-39-45(54)51-42(41-61-50-48(57)49(63-64(58,59)60)47(56)44(40-52)62-50)46(55)43(53)38-36-34-32-30-28-16-14-12-10-8-6-4-2/h42-44,46-50,52-53,55-57H,3-41H2,1-2H3,(H,51,54)(H,58,59,60)/t42-,43+,44?,46-,47?,48?,49?,50?/m0/s1. The zero-order chi connectivity index (χ0) is 47.1. The van der Waals surface area contributed by atoms with Gasteiger partial charge in [0.1, 0.15) is 30.5 Å². The molecule has 0 spiro atoms. The summed E-state index contributed by atoms with van der Waals surface area (Å²) in [5, 5.41) is 55.8. The van der Waals surface area contributed by atoms with E-state index < -0.39 is 72.6 Å². The maximum atomic E-state index is 13.1. The van der Waals surface area contributed by atoms with Gasteiger partial charge in [0, 0.05) is 6.42 Å². The highest BCUT2D eigenvalue weighted by Crippen LogP contribution is 2.26. The number of aliphatic hydroxyl groups excluding tert-OH is 5. The number of ether oxygens (including phenoxy) is 2. The van der Waals surface area contributed by atoms with E-state index in [4.69, 9.17) is 9.47 Å². The van der Waals surface area contributed by atoms with Crippen LogP contribution in [0.15, 0.2) is 0 Å². The van der Waals surface area contributed by atoms with Gasteiger partial charge in [0.15, 0.2) is 6.29 Å². The van der Waals surface area contributed by atoms with Gasteiger partial charge in [0.05, 0.1) is 25.4 Å². The molecule has 1 amide bonds. The van der Waals surface area contributed by atoms with Crippen molar-refractivity contribution in [1.29, 1.82) is 0 Å². The third-order valence-electron chi connectivity index (χ3n) is 13.0. The summed E-state index contributed by atoms with van der Waals surface area (Å²) < 4.78 is 47.6. The molecule has 13 nitrogen and oxygen atoms in total. The van der Waals surface area contributed by atoms with E-state index in [1.54, 1.807) is 0 Å². The first kappa shape index (κ1) is 61.1. The first-order chi connectivity index (χ1) is 30.9. The van der Waals surface area contributed by atoms with Crippen molar-refractivity contribution in [3.63, 3.8) is 0 Å². The molecule has 0 aromatic carbocycles. The van der Waals surface area contributed by atoms with E-state index in [0.717, 1.165) is 38.5 Å². The van der Waals surface area contributed by atoms with E-state index >= 15 is 0 Å². The van der Waals surface area contributed by atoms with Crippen molar-refractivity contribution in [2.24, 2.45) is 0 Å². The Bertz CT molecular complexity index is 1170. The van der Waals surface area contributed by atoms with Crippen LogP contribution in [0.2, 0.25) is 0 Å². The summed E-state index contributed by atoms with van der Waals surface area (Å²) >= 11 is 0. The van der Waals surface area contributed by atoms with E-state index in [1.807, 2.05) is 0 Å². The number of hydrogen-bond donors (Lipinski definition) is 7. The largest absolute Gasteiger partial charge is 0.397 e. The van der Waals surface area contributed by atoms with Crippen LogP contribution in [0.25, 0.3) is 0 Å². The van der Waals surface area contributed by atoms with Gasteiger partial charge in [-0.1, -0.05) is 232 Å². The summed E-state index contributed by atoms with van der Waals surface area (Å²) in [6.45, 7) is 3.24. The lowest BCUT2D eigenvalue weighted by Gasteiger charge is -2.41. The van der Waals surface area contributed by atoms with Crippen LogP contribution in [0.3, 0.4) is 0 Å². The molecule has 5 unspecified atom stereocenters. The van der Waals surface area contributed by atoms with E-state index in [1.165, 1.54) is 173 Å². The number of aliphatic hydroxyl groups is 5. The number of amides is 1. The zero-order valence-corrected chi connectivity index (χ0v) is 41.6. The molecule has 1 rings (SSSR count). The third-order valence-corrected chi connectivity index (χ3v) is 13.5. The molecule has 7 N–H and O–H groups in total. The monoisotopic (exact) mass is 938 g/mol. The fraction of sp³-hybridized carbons (Fsp3) is 0.980. The summed E-state index contributed by atoms with van der Waals surface area (Å²) in [4.78, 5) is 13.1. The van der Waals surface area contributed by atoms with Gasteiger partial charge in [-0.2, -0.15) is 8.42 Å². The van der Waals surface area contributed by atoms with Gasteiger partial charge >= 0.3 is 10.4 Å². The number of unbranched alkanes of at least 4 members (excludes halogenated alkanes) is 33. The van der Waals surface area contributed by atoms with Crippen LogP contribution in [0.5, 0.6) is 0 Å². The molecule has 0 aromatic heterocycles. The fourth-order valence-electron chi connectivity index (χ4n) is 8.85. The van der Waals surface area contributed by atoms with Crippen LogP contribution in [0.4, 0.5) is 0 Å². The Morgan fingerprint density at radius 2 is 0.938 bits per heavy atom. The summed E-state index contributed by atoms with van der Waals surface area (Å²) in [6.07, 6.45) is 32.5. The van der Waals surface area contributed by atoms with Crippen LogP contribution in [0, 0.1) is 0 Å². The zero-order valence-electron chi connectivity index (χ0n) is 40.7. The Hall–Kier alpha value is -0.940. The van der Waals surface area contributed by atoms with Gasteiger partial charge in [-0.3, -0.25) is 9.35 Å². The minimum atomic E-state index is -5.11. The van der Waals surface area contributed by atoms with Crippen molar-refractivity contribution >= 4 is 16.3 Å². The second-order valence-electron chi connectivity index (χ2n) is 19.0. The SMILES string of the molecule is CCCCCCCCCCCCCCCCCCCCCCCCCC(=O)N[C@@H](COC1OC(CO)C(O)C(OS(=O)(=O)O)C1O)[C@H](O)[C@H](O)CCCCCCCCCCCCCC. The third kappa shape index (κ3) is 32.7. The Morgan fingerprint density at radius 3 is 1.30 bits per heavy atom. The van der Waals surface area contributed by atoms with Crippen LogP contribution < -0.4 is 5.32 Å². The van der Waals surface area contributed by atoms with Crippen molar-refractivity contribution in [3.8, 4) is 0 Å². The van der Waals surface area contributed by atoms with Crippen molar-refractivity contribution in [3.05, 3.63) is 0 Å². The number of hydrogen-bond acceptors (Lipinski definition) is 11. The minimum absolute atomic E-state index is 0.211. The number of carbonyl (C=O) groups excluding carboxylic acids is 1. The lowest BCUT2D eigenvalue weighted by atomic mass is 9.98. The van der Waals surface area contributed by atoms with Crippen molar-refractivity contribution < 1.29 is 57.0 Å². The van der Waals surface area contributed by atoms with Crippen LogP contribution in [-0.4, -0.2) is 107 Å². The fourth-order valence-corrected chi connectivity index (χ4v) is 9.36. The number of rotatable bonds is 46. The molecule has 1 aliphatic heterocycles. The summed E-state index contributed by atoms with van der Waals surface area (Å²) in [7, 11) is -5.11. The normalized spacial score (nSPS) is 20.7. The molecule has 1 aliphatic rings. The van der Waals surface area contributed by atoms with Crippen molar-refractivity contribution in [2.45, 2.75) is 300 Å². The Morgan fingerprint density at radius 1 is 0.578 bits per heavy atom. The molecule has 14 heteroatoms. The topological polar surface area (TPSA) is 212 Å². The molecule has 0 aliphatic carbocycles. The first-order valence-corrected chi connectivity index (χ1v) is 27.9. The van der Waals surface area contributed by atoms with Crippen LogP contribution in [0.1, 0.15) is 251 Å². The van der Waals surface area contributed by atoms with Crippen molar-refractivity contribution in [2.75, 3.05) is 13.2 Å². The molecule has 382 valence electrons. The molecule has 1 fully saturated rings. The molecule has 8 atom stereocenters. The Balaban J connectivity index is 2.41. The van der Waals surface area contributed by atoms with Gasteiger partial charge in [-0.05, 0) is 12.8 Å². The minimum Gasteiger partial charge on any atom is -0.394 e. The summed E-state index contributed by atoms with van der Waals surface area (Å²) in [6, 6.07) is -1.12. The van der Waals surface area contributed by atoms with Crippen LogP contribution >= 0.6 is 0 Å². The molecule has 0 aromatic rings. The average Bonchev–Trinajstić information content (AvgIpc) is 3.27. The molecule has 1 saturated heterocycles. The number of nitrogens with one attached hydrogen (secondary N) is 1. The van der Waals surface area contributed by atoms with E-state index in [2.05, 4.69) is 23.3 Å². The van der Waals surface area contributed by atoms with Gasteiger partial charge in [0.25, 0.3) is 0 Å². The van der Waals surface area contributed by atoms with Gasteiger partial charge in [0.2, 0.25) is 5.91 Å². The predicted molar refractivity (Wildman–Crippen MR) is 256 cm³/mol. The highest BCUT2D eigenvalue weighted by Gasteiger charge is 2.48. The predicted octanol–water partition coefficient (Wildman–Crippen LogP) is 10.3. The molecular formula is C50H99NO12S. The Labute approximate surface area is 390 Å². The Kier molecular flexibility index (Phi) is 39.2. The molecule has 64 heavy (non-hydrogen) atoms. The molecule has 0 radical (unpaired) electrons. The highest BCUT2D eigenvalue weighted by molar-refractivity contribution is 7.80. The maximum absolute atomic E-state index is 13.1. The van der Waals surface area contributed by atoms with Crippen molar-refractivity contribution in [1.82, 2.24) is 5.32 Å². The second-order valence-corrected chi connectivity index (χ2v) is 20.0. The first-order valence-electron chi connectivity index (χ1n) is 26.5. The van der Waals surface area contributed by atoms with E-state index in [0.29, 0.717) is 19.3 Å². The molecule has 0 saturated carbocycles. The lowest BCUT2D eigenvalue weighted by Crippen LogP contribution is -2.61.